The monoisotopic (exact) mass is 249 g/mol. The summed E-state index contributed by atoms with van der Waals surface area (Å²) < 4.78 is 0. The maximum atomic E-state index is 10.5. The molecule has 0 spiro atoms. The van der Waals surface area contributed by atoms with E-state index in [1.807, 2.05) is 11.9 Å². The summed E-state index contributed by atoms with van der Waals surface area (Å²) in [6.45, 7) is 7.96. The second kappa shape index (κ2) is 6.01. The minimum Gasteiger partial charge on any atom is -0.481 e. The van der Waals surface area contributed by atoms with Crippen molar-refractivity contribution in [2.75, 3.05) is 13.6 Å². The van der Waals surface area contributed by atoms with Crippen LogP contribution in [0.5, 0.6) is 0 Å². The SMILES string of the molecule is CN(CCC(=O)O)Cc1ccc(C(C)(C)C)cc1. The van der Waals surface area contributed by atoms with Gasteiger partial charge < -0.3 is 10.0 Å². The number of hydrogen-bond acceptors (Lipinski definition) is 2. The molecule has 0 radical (unpaired) electrons. The molecule has 3 nitrogen and oxygen atoms in total. The molecule has 0 amide bonds. The Labute approximate surface area is 109 Å². The van der Waals surface area contributed by atoms with Gasteiger partial charge in [-0.3, -0.25) is 4.79 Å². The average molecular weight is 249 g/mol. The molecule has 0 fully saturated rings. The predicted molar refractivity (Wildman–Crippen MR) is 73.7 cm³/mol. The third kappa shape index (κ3) is 4.88. The van der Waals surface area contributed by atoms with E-state index in [0.717, 1.165) is 6.54 Å². The quantitative estimate of drug-likeness (QED) is 0.872. The van der Waals surface area contributed by atoms with E-state index in [1.54, 1.807) is 0 Å². The van der Waals surface area contributed by atoms with Crippen LogP contribution in [-0.2, 0) is 16.8 Å². The van der Waals surface area contributed by atoms with Crippen LogP contribution in [-0.4, -0.2) is 29.6 Å². The molecule has 1 aromatic rings. The highest BCUT2D eigenvalue weighted by atomic mass is 16.4. The molecule has 0 heterocycles. The van der Waals surface area contributed by atoms with Gasteiger partial charge in [0.1, 0.15) is 0 Å². The number of hydrogen-bond donors (Lipinski definition) is 1. The van der Waals surface area contributed by atoms with Crippen LogP contribution in [0.15, 0.2) is 24.3 Å². The van der Waals surface area contributed by atoms with Crippen LogP contribution in [0.1, 0.15) is 38.3 Å². The van der Waals surface area contributed by atoms with Crippen LogP contribution in [0.2, 0.25) is 0 Å². The Morgan fingerprint density at radius 3 is 2.22 bits per heavy atom. The molecule has 0 saturated carbocycles. The van der Waals surface area contributed by atoms with Gasteiger partial charge in [-0.25, -0.2) is 0 Å². The lowest BCUT2D eigenvalue weighted by atomic mass is 9.87. The van der Waals surface area contributed by atoms with E-state index in [2.05, 4.69) is 45.0 Å². The Kier molecular flexibility index (Phi) is 4.91. The molecule has 0 atom stereocenters. The Morgan fingerprint density at radius 2 is 1.78 bits per heavy atom. The van der Waals surface area contributed by atoms with Gasteiger partial charge in [-0.05, 0) is 23.6 Å². The maximum Gasteiger partial charge on any atom is 0.304 e. The summed E-state index contributed by atoms with van der Waals surface area (Å²) in [6.07, 6.45) is 0.191. The summed E-state index contributed by atoms with van der Waals surface area (Å²) >= 11 is 0. The van der Waals surface area contributed by atoms with Crippen LogP contribution in [0, 0.1) is 0 Å². The molecule has 1 aromatic carbocycles. The van der Waals surface area contributed by atoms with E-state index in [1.165, 1.54) is 11.1 Å². The van der Waals surface area contributed by atoms with Crippen molar-refractivity contribution in [1.29, 1.82) is 0 Å². The maximum absolute atomic E-state index is 10.5. The molecule has 1 rings (SSSR count). The van der Waals surface area contributed by atoms with E-state index >= 15 is 0 Å². The number of carbonyl (C=O) groups is 1. The summed E-state index contributed by atoms with van der Waals surface area (Å²) in [7, 11) is 1.95. The second-order valence-electron chi connectivity index (χ2n) is 5.83. The smallest absolute Gasteiger partial charge is 0.304 e. The van der Waals surface area contributed by atoms with E-state index in [9.17, 15) is 4.79 Å². The van der Waals surface area contributed by atoms with Gasteiger partial charge >= 0.3 is 5.97 Å². The topological polar surface area (TPSA) is 40.5 Å². The van der Waals surface area contributed by atoms with Crippen molar-refractivity contribution in [2.24, 2.45) is 0 Å². The standard InChI is InChI=1S/C15H23NO2/c1-15(2,3)13-7-5-12(6-8-13)11-16(4)10-9-14(17)18/h5-8H,9-11H2,1-4H3,(H,17,18). The Bertz CT molecular complexity index is 390. The second-order valence-corrected chi connectivity index (χ2v) is 5.83. The van der Waals surface area contributed by atoms with Crippen LogP contribution < -0.4 is 0 Å². The molecule has 100 valence electrons. The first-order valence-corrected chi connectivity index (χ1v) is 6.29. The van der Waals surface area contributed by atoms with Crippen molar-refractivity contribution >= 4 is 5.97 Å². The lowest BCUT2D eigenvalue weighted by molar-refractivity contribution is -0.137. The first kappa shape index (κ1) is 14.7. The van der Waals surface area contributed by atoms with Crippen molar-refractivity contribution < 1.29 is 9.90 Å². The van der Waals surface area contributed by atoms with Gasteiger partial charge in [0.15, 0.2) is 0 Å². The van der Waals surface area contributed by atoms with Gasteiger partial charge in [0.25, 0.3) is 0 Å². The van der Waals surface area contributed by atoms with E-state index in [4.69, 9.17) is 5.11 Å². The highest BCUT2D eigenvalue weighted by Gasteiger charge is 2.13. The lowest BCUT2D eigenvalue weighted by Crippen LogP contribution is -2.21. The Hall–Kier alpha value is -1.35. The molecule has 3 heteroatoms. The van der Waals surface area contributed by atoms with Crippen molar-refractivity contribution in [3.05, 3.63) is 35.4 Å². The van der Waals surface area contributed by atoms with E-state index in [-0.39, 0.29) is 11.8 Å². The van der Waals surface area contributed by atoms with Gasteiger partial charge in [-0.15, -0.1) is 0 Å². The molecule has 0 bridgehead atoms. The van der Waals surface area contributed by atoms with Crippen molar-refractivity contribution in [1.82, 2.24) is 4.90 Å². The predicted octanol–water partition coefficient (Wildman–Crippen LogP) is 2.89. The average Bonchev–Trinajstić information content (AvgIpc) is 2.26. The van der Waals surface area contributed by atoms with Crippen molar-refractivity contribution in [2.45, 2.75) is 39.2 Å². The summed E-state index contributed by atoms with van der Waals surface area (Å²) in [4.78, 5) is 12.5. The molecule has 0 saturated heterocycles. The highest BCUT2D eigenvalue weighted by Crippen LogP contribution is 2.22. The van der Waals surface area contributed by atoms with Crippen molar-refractivity contribution in [3.8, 4) is 0 Å². The number of rotatable bonds is 5. The van der Waals surface area contributed by atoms with Crippen LogP contribution in [0.25, 0.3) is 0 Å². The third-order valence-electron chi connectivity index (χ3n) is 2.98. The van der Waals surface area contributed by atoms with Gasteiger partial charge in [0.2, 0.25) is 0 Å². The highest BCUT2D eigenvalue weighted by molar-refractivity contribution is 5.66. The molecule has 0 aliphatic heterocycles. The fourth-order valence-corrected chi connectivity index (χ4v) is 1.79. The molecule has 1 N–H and O–H groups in total. The van der Waals surface area contributed by atoms with Gasteiger partial charge in [-0.1, -0.05) is 45.0 Å². The fourth-order valence-electron chi connectivity index (χ4n) is 1.79. The number of nitrogens with zero attached hydrogens (tertiary/aromatic N) is 1. The van der Waals surface area contributed by atoms with Crippen molar-refractivity contribution in [3.63, 3.8) is 0 Å². The minimum atomic E-state index is -0.745. The van der Waals surface area contributed by atoms with Gasteiger partial charge in [-0.2, -0.15) is 0 Å². The first-order valence-electron chi connectivity index (χ1n) is 6.29. The van der Waals surface area contributed by atoms with Crippen LogP contribution in [0.3, 0.4) is 0 Å². The van der Waals surface area contributed by atoms with Gasteiger partial charge in [0, 0.05) is 13.1 Å². The molecule has 18 heavy (non-hydrogen) atoms. The number of carboxylic acid groups (broad SMARTS) is 1. The third-order valence-corrected chi connectivity index (χ3v) is 2.98. The molecular formula is C15H23NO2. The Balaban J connectivity index is 2.56. The molecular weight excluding hydrogens is 226 g/mol. The summed E-state index contributed by atoms with van der Waals surface area (Å²) in [6, 6.07) is 8.55. The normalized spacial score (nSPS) is 11.8. The molecule has 0 unspecified atom stereocenters. The number of benzene rings is 1. The first-order chi connectivity index (χ1) is 8.29. The largest absolute Gasteiger partial charge is 0.481 e. The lowest BCUT2D eigenvalue weighted by Gasteiger charge is -2.20. The van der Waals surface area contributed by atoms with Gasteiger partial charge in [0.05, 0.1) is 6.42 Å². The minimum absolute atomic E-state index is 0.174. The fraction of sp³-hybridized carbons (Fsp3) is 0.533. The number of aliphatic carboxylic acids is 1. The summed E-state index contributed by atoms with van der Waals surface area (Å²) in [5, 5.41) is 8.63. The van der Waals surface area contributed by atoms with Crippen LogP contribution in [0.4, 0.5) is 0 Å². The molecule has 0 aromatic heterocycles. The zero-order valence-corrected chi connectivity index (χ0v) is 11.7. The van der Waals surface area contributed by atoms with E-state index < -0.39 is 5.97 Å². The zero-order chi connectivity index (χ0) is 13.8. The zero-order valence-electron chi connectivity index (χ0n) is 11.7. The molecule has 0 aliphatic rings. The molecule has 0 aliphatic carbocycles. The van der Waals surface area contributed by atoms with Crippen LogP contribution >= 0.6 is 0 Å². The summed E-state index contributed by atoms with van der Waals surface area (Å²) in [5.41, 5.74) is 2.71. The summed E-state index contributed by atoms with van der Waals surface area (Å²) in [5.74, 6) is -0.745. The number of carboxylic acids is 1. The van der Waals surface area contributed by atoms with E-state index in [0.29, 0.717) is 6.54 Å². The Morgan fingerprint density at radius 1 is 1.22 bits per heavy atom.